The Morgan fingerprint density at radius 1 is 1.38 bits per heavy atom. The quantitative estimate of drug-likeness (QED) is 0.774. The van der Waals surface area contributed by atoms with E-state index in [1.807, 2.05) is 18.2 Å². The average molecular weight is 199 g/mol. The largest absolute Gasteiger partial charge is 0.386 e. The van der Waals surface area contributed by atoms with Gasteiger partial charge < -0.3 is 5.11 Å². The van der Waals surface area contributed by atoms with Gasteiger partial charge in [0.25, 0.3) is 0 Å². The molecule has 2 heteroatoms. The van der Waals surface area contributed by atoms with E-state index in [0.29, 0.717) is 5.02 Å². The maximum atomic E-state index is 9.75. The molecule has 0 atom stereocenters. The van der Waals surface area contributed by atoms with Crippen LogP contribution in [0, 0.1) is 0 Å². The second kappa shape index (κ2) is 3.69. The molecule has 1 aromatic rings. The first kappa shape index (κ1) is 10.6. The fourth-order valence-corrected chi connectivity index (χ4v) is 1.71. The van der Waals surface area contributed by atoms with Crippen molar-refractivity contribution in [2.75, 3.05) is 0 Å². The molecule has 0 aliphatic rings. The van der Waals surface area contributed by atoms with Crippen LogP contribution in [0.1, 0.15) is 31.9 Å². The molecule has 0 spiro atoms. The summed E-state index contributed by atoms with van der Waals surface area (Å²) in [4.78, 5) is 0. The predicted octanol–water partition coefficient (Wildman–Crippen LogP) is 3.13. The highest BCUT2D eigenvalue weighted by Gasteiger charge is 2.18. The van der Waals surface area contributed by atoms with Crippen LogP contribution in [0.5, 0.6) is 0 Å². The minimum atomic E-state index is -0.858. The van der Waals surface area contributed by atoms with Crippen molar-refractivity contribution in [3.05, 3.63) is 34.3 Å². The Morgan fingerprint density at radius 2 is 2.00 bits per heavy atom. The lowest BCUT2D eigenvalue weighted by atomic mass is 9.97. The third-order valence-electron chi connectivity index (χ3n) is 2.10. The summed E-state index contributed by atoms with van der Waals surface area (Å²) in [6, 6.07) is 5.80. The fraction of sp³-hybridized carbons (Fsp3) is 0.455. The molecule has 1 nitrogen and oxygen atoms in total. The van der Waals surface area contributed by atoms with Crippen LogP contribution in [0.3, 0.4) is 0 Å². The van der Waals surface area contributed by atoms with Crippen LogP contribution in [-0.2, 0) is 12.0 Å². The number of hydrogen-bond donors (Lipinski definition) is 1. The van der Waals surface area contributed by atoms with Crippen molar-refractivity contribution in [2.24, 2.45) is 0 Å². The van der Waals surface area contributed by atoms with E-state index in [9.17, 15) is 5.11 Å². The monoisotopic (exact) mass is 198 g/mol. The highest BCUT2D eigenvalue weighted by Crippen LogP contribution is 2.28. The molecule has 0 radical (unpaired) electrons. The van der Waals surface area contributed by atoms with Crippen molar-refractivity contribution < 1.29 is 5.11 Å². The van der Waals surface area contributed by atoms with Gasteiger partial charge in [-0.2, -0.15) is 0 Å². The van der Waals surface area contributed by atoms with Gasteiger partial charge in [-0.15, -0.1) is 0 Å². The van der Waals surface area contributed by atoms with Gasteiger partial charge in [-0.1, -0.05) is 30.7 Å². The van der Waals surface area contributed by atoms with Crippen molar-refractivity contribution in [2.45, 2.75) is 32.8 Å². The Bertz CT molecular complexity index is 299. The molecule has 13 heavy (non-hydrogen) atoms. The van der Waals surface area contributed by atoms with Gasteiger partial charge >= 0.3 is 0 Å². The van der Waals surface area contributed by atoms with Gasteiger partial charge in [0.05, 0.1) is 5.60 Å². The SMILES string of the molecule is CCc1ccc(C(C)(C)O)c(Cl)c1. The molecular formula is C11H15ClO. The Hall–Kier alpha value is -0.530. The van der Waals surface area contributed by atoms with E-state index in [1.165, 1.54) is 5.56 Å². The first-order valence-corrected chi connectivity index (χ1v) is 4.84. The summed E-state index contributed by atoms with van der Waals surface area (Å²) in [5, 5.41) is 10.4. The molecule has 0 saturated heterocycles. The number of benzene rings is 1. The number of halogens is 1. The molecule has 0 aliphatic carbocycles. The van der Waals surface area contributed by atoms with Crippen LogP contribution in [-0.4, -0.2) is 5.11 Å². The van der Waals surface area contributed by atoms with Crippen molar-refractivity contribution in [1.82, 2.24) is 0 Å². The van der Waals surface area contributed by atoms with Gasteiger partial charge in [0.15, 0.2) is 0 Å². The van der Waals surface area contributed by atoms with E-state index in [1.54, 1.807) is 13.8 Å². The second-order valence-electron chi connectivity index (χ2n) is 3.73. The lowest BCUT2D eigenvalue weighted by Crippen LogP contribution is -2.16. The smallest absolute Gasteiger partial charge is 0.0854 e. The van der Waals surface area contributed by atoms with Crippen LogP contribution in [0.25, 0.3) is 0 Å². The van der Waals surface area contributed by atoms with Crippen LogP contribution >= 0.6 is 11.6 Å². The average Bonchev–Trinajstić information content (AvgIpc) is 2.01. The molecule has 1 aromatic carbocycles. The fourth-order valence-electron chi connectivity index (χ4n) is 1.27. The zero-order chi connectivity index (χ0) is 10.1. The lowest BCUT2D eigenvalue weighted by Gasteiger charge is -2.19. The molecule has 0 saturated carbocycles. The van der Waals surface area contributed by atoms with Crippen LogP contribution in [0.15, 0.2) is 18.2 Å². The number of rotatable bonds is 2. The number of aliphatic hydroxyl groups is 1. The van der Waals surface area contributed by atoms with E-state index in [-0.39, 0.29) is 0 Å². The van der Waals surface area contributed by atoms with Crippen molar-refractivity contribution >= 4 is 11.6 Å². The van der Waals surface area contributed by atoms with Crippen molar-refractivity contribution in [1.29, 1.82) is 0 Å². The third kappa shape index (κ3) is 2.45. The van der Waals surface area contributed by atoms with Crippen molar-refractivity contribution in [3.63, 3.8) is 0 Å². The maximum absolute atomic E-state index is 9.75. The molecule has 0 aromatic heterocycles. The van der Waals surface area contributed by atoms with Crippen LogP contribution in [0.4, 0.5) is 0 Å². The molecule has 0 heterocycles. The molecular weight excluding hydrogens is 184 g/mol. The topological polar surface area (TPSA) is 20.2 Å². The predicted molar refractivity (Wildman–Crippen MR) is 56.1 cm³/mol. The van der Waals surface area contributed by atoms with Crippen LogP contribution < -0.4 is 0 Å². The van der Waals surface area contributed by atoms with Gasteiger partial charge in [-0.3, -0.25) is 0 Å². The first-order chi connectivity index (χ1) is 5.95. The molecule has 0 unspecified atom stereocenters. The van der Waals surface area contributed by atoms with Gasteiger partial charge in [-0.25, -0.2) is 0 Å². The highest BCUT2D eigenvalue weighted by atomic mass is 35.5. The summed E-state index contributed by atoms with van der Waals surface area (Å²) in [6.45, 7) is 5.55. The van der Waals surface area contributed by atoms with E-state index in [2.05, 4.69) is 6.92 Å². The number of aryl methyl sites for hydroxylation is 1. The minimum absolute atomic E-state index is 0.645. The van der Waals surface area contributed by atoms with Gasteiger partial charge in [0.1, 0.15) is 0 Å². The number of hydrogen-bond acceptors (Lipinski definition) is 1. The highest BCUT2D eigenvalue weighted by molar-refractivity contribution is 6.31. The van der Waals surface area contributed by atoms with Gasteiger partial charge in [0, 0.05) is 10.6 Å². The molecule has 0 fully saturated rings. The molecule has 1 N–H and O–H groups in total. The van der Waals surface area contributed by atoms with Crippen molar-refractivity contribution in [3.8, 4) is 0 Å². The molecule has 0 amide bonds. The standard InChI is InChI=1S/C11H15ClO/c1-4-8-5-6-9(10(12)7-8)11(2,3)13/h5-7,13H,4H2,1-3H3. The first-order valence-electron chi connectivity index (χ1n) is 4.46. The Morgan fingerprint density at radius 3 is 2.38 bits per heavy atom. The van der Waals surface area contributed by atoms with Gasteiger partial charge in [-0.05, 0) is 31.9 Å². The molecule has 72 valence electrons. The summed E-state index contributed by atoms with van der Waals surface area (Å²) in [5.41, 5.74) is 1.12. The normalized spacial score (nSPS) is 11.8. The van der Waals surface area contributed by atoms with Gasteiger partial charge in [0.2, 0.25) is 0 Å². The molecule has 0 bridgehead atoms. The molecule has 0 aliphatic heterocycles. The maximum Gasteiger partial charge on any atom is 0.0854 e. The Balaban J connectivity index is 3.13. The summed E-state index contributed by atoms with van der Waals surface area (Å²) >= 11 is 6.03. The third-order valence-corrected chi connectivity index (χ3v) is 2.41. The van der Waals surface area contributed by atoms with Crippen LogP contribution in [0.2, 0.25) is 5.02 Å². The Labute approximate surface area is 84.4 Å². The minimum Gasteiger partial charge on any atom is -0.386 e. The summed E-state index contributed by atoms with van der Waals surface area (Å²) in [7, 11) is 0. The van der Waals surface area contributed by atoms with E-state index in [0.717, 1.165) is 12.0 Å². The van der Waals surface area contributed by atoms with E-state index >= 15 is 0 Å². The summed E-state index contributed by atoms with van der Waals surface area (Å²) in [6.07, 6.45) is 0.964. The lowest BCUT2D eigenvalue weighted by molar-refractivity contribution is 0.0787. The summed E-state index contributed by atoms with van der Waals surface area (Å²) in [5.74, 6) is 0. The molecule has 1 rings (SSSR count). The second-order valence-corrected chi connectivity index (χ2v) is 4.13. The summed E-state index contributed by atoms with van der Waals surface area (Å²) < 4.78 is 0. The zero-order valence-corrected chi connectivity index (χ0v) is 9.02. The zero-order valence-electron chi connectivity index (χ0n) is 8.26. The van der Waals surface area contributed by atoms with E-state index in [4.69, 9.17) is 11.6 Å². The Kier molecular flexibility index (Phi) is 2.99. The van der Waals surface area contributed by atoms with E-state index < -0.39 is 5.60 Å².